The first-order valence-electron chi connectivity index (χ1n) is 11.2. The fourth-order valence-electron chi connectivity index (χ4n) is 4.26. The van der Waals surface area contributed by atoms with E-state index >= 15 is 0 Å². The van der Waals surface area contributed by atoms with Crippen LogP contribution in [0.1, 0.15) is 42.6 Å². The van der Waals surface area contributed by atoms with Crippen LogP contribution in [0.2, 0.25) is 0 Å². The fraction of sp³-hybridized carbons (Fsp3) is 0.417. The van der Waals surface area contributed by atoms with Crippen LogP contribution in [0.25, 0.3) is 0 Å². The molecule has 1 saturated heterocycles. The summed E-state index contributed by atoms with van der Waals surface area (Å²) in [7, 11) is -3.81. The van der Waals surface area contributed by atoms with Crippen molar-refractivity contribution in [2.45, 2.75) is 38.1 Å². The Morgan fingerprint density at radius 2 is 1.75 bits per heavy atom. The predicted octanol–water partition coefficient (Wildman–Crippen LogP) is 3.37. The van der Waals surface area contributed by atoms with Crippen LogP contribution in [0.5, 0.6) is 0 Å². The summed E-state index contributed by atoms with van der Waals surface area (Å²) in [5, 5.41) is 0. The maximum atomic E-state index is 13.1. The maximum Gasteiger partial charge on any atom is 0.286 e. The number of carbonyl (C=O) groups excluding carboxylic acids is 1. The van der Waals surface area contributed by atoms with Gasteiger partial charge in [-0.2, -0.15) is 8.42 Å². The van der Waals surface area contributed by atoms with Crippen molar-refractivity contribution in [1.29, 1.82) is 0 Å². The van der Waals surface area contributed by atoms with Gasteiger partial charge in [0.15, 0.2) is 0 Å². The van der Waals surface area contributed by atoms with Gasteiger partial charge in [0.2, 0.25) is 0 Å². The third kappa shape index (κ3) is 4.71. The van der Waals surface area contributed by atoms with Gasteiger partial charge in [0.25, 0.3) is 15.9 Å². The molecular formula is C24H30N4O3S. The van der Waals surface area contributed by atoms with Gasteiger partial charge in [0.1, 0.15) is 10.7 Å². The van der Waals surface area contributed by atoms with Crippen LogP contribution in [-0.4, -0.2) is 62.7 Å². The van der Waals surface area contributed by atoms with Gasteiger partial charge in [0, 0.05) is 44.8 Å². The number of amidine groups is 1. The quantitative estimate of drug-likeness (QED) is 0.669. The number of fused-ring (bicyclic) bond motifs is 1. The van der Waals surface area contributed by atoms with E-state index in [0.29, 0.717) is 36.7 Å². The molecule has 2 aliphatic rings. The van der Waals surface area contributed by atoms with Crippen LogP contribution in [0.4, 0.5) is 5.69 Å². The summed E-state index contributed by atoms with van der Waals surface area (Å²) in [5.74, 6) is 0.341. The lowest BCUT2D eigenvalue weighted by Gasteiger charge is -2.35. The van der Waals surface area contributed by atoms with Gasteiger partial charge in [-0.15, -0.1) is 4.40 Å². The molecule has 2 aromatic rings. The molecule has 32 heavy (non-hydrogen) atoms. The smallest absolute Gasteiger partial charge is 0.286 e. The Morgan fingerprint density at radius 1 is 1.03 bits per heavy atom. The molecule has 1 fully saturated rings. The van der Waals surface area contributed by atoms with Crippen LogP contribution in [0.15, 0.2) is 57.8 Å². The molecule has 2 aromatic carbocycles. The molecule has 2 aliphatic heterocycles. The zero-order chi connectivity index (χ0) is 22.7. The van der Waals surface area contributed by atoms with E-state index in [4.69, 9.17) is 0 Å². The molecule has 0 saturated carbocycles. The van der Waals surface area contributed by atoms with E-state index in [1.165, 1.54) is 11.6 Å². The van der Waals surface area contributed by atoms with E-state index in [9.17, 15) is 13.2 Å². The summed E-state index contributed by atoms with van der Waals surface area (Å²) < 4.78 is 29.4. The Labute approximate surface area is 190 Å². The molecule has 0 spiro atoms. The number of unbranched alkanes of at least 4 members (excludes halogenated alkanes) is 1. The second-order valence-corrected chi connectivity index (χ2v) is 9.93. The summed E-state index contributed by atoms with van der Waals surface area (Å²) in [4.78, 5) is 19.3. The Balaban J connectivity index is 1.48. The molecule has 2 heterocycles. The number of hydrogen-bond acceptors (Lipinski definition) is 5. The molecule has 0 aromatic heterocycles. The van der Waals surface area contributed by atoms with Crippen LogP contribution >= 0.6 is 0 Å². The van der Waals surface area contributed by atoms with Crippen molar-refractivity contribution >= 4 is 27.5 Å². The third-order valence-electron chi connectivity index (χ3n) is 6.06. The number of amides is 1. The number of hydrogen-bond donors (Lipinski definition) is 0. The van der Waals surface area contributed by atoms with Crippen molar-refractivity contribution in [3.8, 4) is 0 Å². The minimum absolute atomic E-state index is 0.118. The molecule has 0 atom stereocenters. The summed E-state index contributed by atoms with van der Waals surface area (Å²) in [6, 6.07) is 15.3. The van der Waals surface area contributed by atoms with Gasteiger partial charge in [0.05, 0.1) is 5.69 Å². The second kappa shape index (κ2) is 9.42. The zero-order valence-electron chi connectivity index (χ0n) is 18.7. The van der Waals surface area contributed by atoms with Gasteiger partial charge in [-0.25, -0.2) is 0 Å². The zero-order valence-corrected chi connectivity index (χ0v) is 19.5. The molecule has 170 valence electrons. The van der Waals surface area contributed by atoms with Crippen molar-refractivity contribution in [3.63, 3.8) is 0 Å². The van der Waals surface area contributed by atoms with E-state index < -0.39 is 10.0 Å². The van der Waals surface area contributed by atoms with Gasteiger partial charge in [-0.05, 0) is 37.1 Å². The monoisotopic (exact) mass is 454 g/mol. The number of sulfonamides is 1. The van der Waals surface area contributed by atoms with E-state index in [0.717, 1.165) is 32.5 Å². The number of nitrogens with zero attached hydrogens (tertiary/aromatic N) is 4. The Hall–Kier alpha value is -2.71. The van der Waals surface area contributed by atoms with E-state index in [1.807, 2.05) is 28.0 Å². The summed E-state index contributed by atoms with van der Waals surface area (Å²) >= 11 is 0. The Bertz CT molecular complexity index is 1110. The average Bonchev–Trinajstić information content (AvgIpc) is 2.79. The van der Waals surface area contributed by atoms with E-state index in [-0.39, 0.29) is 10.8 Å². The first kappa shape index (κ1) is 22.5. The second-order valence-electron chi connectivity index (χ2n) is 8.36. The van der Waals surface area contributed by atoms with Gasteiger partial charge >= 0.3 is 0 Å². The van der Waals surface area contributed by atoms with Crippen molar-refractivity contribution in [2.75, 3.05) is 37.6 Å². The minimum Gasteiger partial charge on any atom is -0.336 e. The highest BCUT2D eigenvalue weighted by Gasteiger charge is 2.31. The lowest BCUT2D eigenvalue weighted by atomic mass is 10.1. The number of benzene rings is 2. The van der Waals surface area contributed by atoms with Crippen LogP contribution < -0.4 is 4.90 Å². The van der Waals surface area contributed by atoms with Gasteiger partial charge < -0.3 is 9.80 Å². The highest BCUT2D eigenvalue weighted by atomic mass is 32.2. The lowest BCUT2D eigenvalue weighted by Crippen LogP contribution is -2.48. The van der Waals surface area contributed by atoms with Gasteiger partial charge in [-0.3, -0.25) is 9.69 Å². The third-order valence-corrected chi connectivity index (χ3v) is 7.45. The van der Waals surface area contributed by atoms with E-state index in [1.54, 1.807) is 19.1 Å². The fourth-order valence-corrected chi connectivity index (χ4v) is 5.52. The molecular weight excluding hydrogens is 424 g/mol. The molecule has 0 N–H and O–H groups in total. The normalized spacial score (nSPS) is 18.2. The van der Waals surface area contributed by atoms with E-state index in [2.05, 4.69) is 28.4 Å². The number of carbonyl (C=O) groups is 1. The Morgan fingerprint density at radius 3 is 2.44 bits per heavy atom. The van der Waals surface area contributed by atoms with Crippen molar-refractivity contribution in [2.24, 2.45) is 4.40 Å². The molecule has 7 nitrogen and oxygen atoms in total. The number of rotatable bonds is 6. The van der Waals surface area contributed by atoms with Crippen LogP contribution in [0.3, 0.4) is 0 Å². The number of anilines is 1. The highest BCUT2D eigenvalue weighted by molar-refractivity contribution is 7.90. The lowest BCUT2D eigenvalue weighted by molar-refractivity contribution is 0.0628. The topological polar surface area (TPSA) is 73.3 Å². The molecule has 0 aliphatic carbocycles. The van der Waals surface area contributed by atoms with Crippen molar-refractivity contribution < 1.29 is 13.2 Å². The summed E-state index contributed by atoms with van der Waals surface area (Å²) in [6.07, 6.45) is 1.93. The largest absolute Gasteiger partial charge is 0.336 e. The number of piperazine rings is 1. The summed E-state index contributed by atoms with van der Waals surface area (Å²) in [6.45, 7) is 8.19. The highest BCUT2D eigenvalue weighted by Crippen LogP contribution is 2.33. The SMILES string of the molecule is CCCCN1C(C)=NS(=O)(=O)c2cc(C(=O)N3CCN(Cc4ccccc4)CC3)ccc21. The Kier molecular flexibility index (Phi) is 6.62. The predicted molar refractivity (Wildman–Crippen MR) is 127 cm³/mol. The molecule has 8 heteroatoms. The molecule has 0 unspecified atom stereocenters. The standard InChI is InChI=1S/C24H30N4O3S/c1-3-4-12-28-19(2)25-32(30,31)23-17-21(10-11-22(23)28)24(29)27-15-13-26(14-16-27)18-20-8-6-5-7-9-20/h5-11,17H,3-4,12-16,18H2,1-2H3. The maximum absolute atomic E-state index is 13.1. The molecule has 0 radical (unpaired) electrons. The van der Waals surface area contributed by atoms with Crippen LogP contribution in [-0.2, 0) is 16.6 Å². The van der Waals surface area contributed by atoms with Crippen molar-refractivity contribution in [1.82, 2.24) is 9.80 Å². The first-order valence-corrected chi connectivity index (χ1v) is 12.6. The average molecular weight is 455 g/mol. The molecule has 4 rings (SSSR count). The minimum atomic E-state index is -3.81. The van der Waals surface area contributed by atoms with Crippen molar-refractivity contribution in [3.05, 3.63) is 59.7 Å². The van der Waals surface area contributed by atoms with Crippen LogP contribution in [0, 0.1) is 0 Å². The molecule has 0 bridgehead atoms. The summed E-state index contributed by atoms with van der Waals surface area (Å²) in [5.41, 5.74) is 2.26. The first-order chi connectivity index (χ1) is 15.4. The molecule has 1 amide bonds. The van der Waals surface area contributed by atoms with Gasteiger partial charge in [-0.1, -0.05) is 43.7 Å².